The summed E-state index contributed by atoms with van der Waals surface area (Å²) in [6.07, 6.45) is 7.83. The molecule has 228 valence electrons. The number of amides is 3. The van der Waals surface area contributed by atoms with Crippen LogP contribution >= 0.6 is 0 Å². The number of carbonyl (C=O) groups excluding carboxylic acids is 2. The van der Waals surface area contributed by atoms with Gasteiger partial charge in [-0.3, -0.25) is 9.20 Å². The second-order valence-electron chi connectivity index (χ2n) is 10.8. The number of aromatic nitrogens is 3. The van der Waals surface area contributed by atoms with Crippen molar-refractivity contribution < 1.29 is 23.1 Å². The molecule has 6 rings (SSSR count). The number of alkyl halides is 2. The van der Waals surface area contributed by atoms with Gasteiger partial charge in [-0.25, -0.2) is 19.8 Å². The first kappa shape index (κ1) is 29.2. The van der Waals surface area contributed by atoms with E-state index in [0.717, 1.165) is 42.0 Å². The highest BCUT2D eigenvalue weighted by Gasteiger charge is 2.26. The molecule has 0 spiro atoms. The van der Waals surface area contributed by atoms with Crippen LogP contribution in [-0.4, -0.2) is 88.2 Å². The van der Waals surface area contributed by atoms with Gasteiger partial charge in [0, 0.05) is 74.1 Å². The quantitative estimate of drug-likeness (QED) is 0.297. The summed E-state index contributed by atoms with van der Waals surface area (Å²) in [6, 6.07) is 11.6. The Morgan fingerprint density at radius 3 is 2.57 bits per heavy atom. The Kier molecular flexibility index (Phi) is 8.46. The van der Waals surface area contributed by atoms with Gasteiger partial charge in [-0.05, 0) is 67.9 Å². The van der Waals surface area contributed by atoms with Crippen molar-refractivity contribution in [3.05, 3.63) is 72.2 Å². The maximum atomic E-state index is 13.3. The molecular weight excluding hydrogens is 570 g/mol. The van der Waals surface area contributed by atoms with E-state index >= 15 is 0 Å². The minimum absolute atomic E-state index is 0.0777. The van der Waals surface area contributed by atoms with Crippen molar-refractivity contribution in [1.82, 2.24) is 29.5 Å². The fourth-order valence-electron chi connectivity index (χ4n) is 5.47. The van der Waals surface area contributed by atoms with Crippen molar-refractivity contribution in [3.8, 4) is 17.0 Å². The van der Waals surface area contributed by atoms with Crippen LogP contribution in [0.25, 0.3) is 16.9 Å². The molecule has 1 unspecified atom stereocenters. The Labute approximate surface area is 252 Å². The monoisotopic (exact) mass is 602 g/mol. The predicted octanol–water partition coefficient (Wildman–Crippen LogP) is 4.61. The molecular formula is C31H32F2N8O3. The summed E-state index contributed by atoms with van der Waals surface area (Å²) >= 11 is 0. The molecule has 13 heteroatoms. The largest absolute Gasteiger partial charge is 0.435 e. The molecule has 2 aliphatic rings. The highest BCUT2D eigenvalue weighted by molar-refractivity contribution is 5.96. The number of anilines is 2. The maximum Gasteiger partial charge on any atom is 0.387 e. The average molecular weight is 603 g/mol. The molecule has 4 aromatic rings. The van der Waals surface area contributed by atoms with E-state index in [1.807, 2.05) is 23.5 Å². The molecule has 0 radical (unpaired) electrons. The van der Waals surface area contributed by atoms with E-state index in [9.17, 15) is 18.4 Å². The van der Waals surface area contributed by atoms with Crippen molar-refractivity contribution in [2.24, 2.45) is 10.9 Å². The lowest BCUT2D eigenvalue weighted by Crippen LogP contribution is -2.50. The van der Waals surface area contributed by atoms with Crippen LogP contribution in [0.2, 0.25) is 0 Å². The number of halogens is 2. The Morgan fingerprint density at radius 1 is 1.09 bits per heavy atom. The highest BCUT2D eigenvalue weighted by atomic mass is 19.3. The summed E-state index contributed by atoms with van der Waals surface area (Å²) in [4.78, 5) is 42.4. The maximum absolute atomic E-state index is 13.3. The molecule has 2 N–H and O–H groups in total. The topological polar surface area (TPSA) is 116 Å². The molecule has 2 aromatic carbocycles. The number of piperazine rings is 1. The van der Waals surface area contributed by atoms with Gasteiger partial charge in [-0.15, -0.1) is 0 Å². The summed E-state index contributed by atoms with van der Waals surface area (Å²) in [7, 11) is 0. The van der Waals surface area contributed by atoms with Crippen LogP contribution < -0.4 is 15.4 Å². The van der Waals surface area contributed by atoms with E-state index in [4.69, 9.17) is 0 Å². The second kappa shape index (κ2) is 12.8. The van der Waals surface area contributed by atoms with Gasteiger partial charge in [-0.1, -0.05) is 0 Å². The van der Waals surface area contributed by atoms with E-state index in [0.29, 0.717) is 49.1 Å². The molecule has 1 atom stereocenters. The minimum atomic E-state index is -2.88. The van der Waals surface area contributed by atoms with Gasteiger partial charge in [0.25, 0.3) is 5.91 Å². The number of urea groups is 1. The van der Waals surface area contributed by atoms with Gasteiger partial charge < -0.3 is 25.2 Å². The van der Waals surface area contributed by atoms with Crippen molar-refractivity contribution >= 4 is 35.3 Å². The second-order valence-corrected chi connectivity index (χ2v) is 10.8. The summed E-state index contributed by atoms with van der Waals surface area (Å²) in [5.74, 6) is 0.812. The third-order valence-corrected chi connectivity index (χ3v) is 7.85. The van der Waals surface area contributed by atoms with Crippen LogP contribution in [0.3, 0.4) is 0 Å². The Balaban J connectivity index is 1.10. The molecule has 44 heavy (non-hydrogen) atoms. The molecule has 0 saturated carbocycles. The number of hydrogen-bond donors (Lipinski definition) is 2. The molecule has 3 amide bonds. The molecule has 2 aromatic heterocycles. The van der Waals surface area contributed by atoms with E-state index in [2.05, 4.69) is 30.3 Å². The third kappa shape index (κ3) is 6.37. The molecule has 2 aliphatic heterocycles. The summed E-state index contributed by atoms with van der Waals surface area (Å²) in [5.41, 5.74) is 4.24. The number of aliphatic imine (C=N–C) groups is 1. The van der Waals surface area contributed by atoms with Crippen LogP contribution in [0.15, 0.2) is 66.0 Å². The number of imidazole rings is 1. The van der Waals surface area contributed by atoms with E-state index < -0.39 is 6.61 Å². The SMILES string of the molecule is Cc1cc(Nc2nccn3c(-c4ccc(OC(F)F)cc4)cnc23)ccc1C(=O)N1CCN(C(=O)/N=C\C2CCNC2)CC1. The van der Waals surface area contributed by atoms with Gasteiger partial charge in [0.2, 0.25) is 0 Å². The lowest BCUT2D eigenvalue weighted by atomic mass is 10.1. The highest BCUT2D eigenvalue weighted by Crippen LogP contribution is 2.28. The minimum Gasteiger partial charge on any atom is -0.435 e. The van der Waals surface area contributed by atoms with Crippen molar-refractivity contribution in [2.75, 3.05) is 44.6 Å². The fraction of sp³-hybridized carbons (Fsp3) is 0.323. The molecule has 4 heterocycles. The zero-order valence-electron chi connectivity index (χ0n) is 24.1. The van der Waals surface area contributed by atoms with Gasteiger partial charge in [0.1, 0.15) is 5.75 Å². The lowest BCUT2D eigenvalue weighted by molar-refractivity contribution is -0.0498. The Hall–Kier alpha value is -4.91. The zero-order valence-corrected chi connectivity index (χ0v) is 24.1. The number of hydrogen-bond acceptors (Lipinski definition) is 7. The number of aryl methyl sites for hydroxylation is 1. The van der Waals surface area contributed by atoms with E-state index in [1.54, 1.807) is 52.8 Å². The summed E-state index contributed by atoms with van der Waals surface area (Å²) < 4.78 is 31.3. The number of benzene rings is 2. The first-order chi connectivity index (χ1) is 21.4. The molecule has 2 fully saturated rings. The Bertz CT molecular complexity index is 1680. The van der Waals surface area contributed by atoms with Gasteiger partial charge in [-0.2, -0.15) is 8.78 Å². The standard InChI is InChI=1S/C31H32F2N8O3/c1-20-16-23(4-7-25(20)29(42)39-12-14-40(15-13-39)31(43)37-18-21-8-9-34-17-21)38-27-28-36-19-26(41(28)11-10-35-27)22-2-5-24(6-3-22)44-30(32)33/h2-7,10-11,16,18-19,21,30,34H,8-9,12-15,17H2,1H3,(H,35,38)/b37-18-. The third-order valence-electron chi connectivity index (χ3n) is 7.85. The summed E-state index contributed by atoms with van der Waals surface area (Å²) in [6.45, 7) is 2.57. The molecule has 2 saturated heterocycles. The van der Waals surface area contributed by atoms with Crippen molar-refractivity contribution in [3.63, 3.8) is 0 Å². The van der Waals surface area contributed by atoms with Crippen LogP contribution in [0.5, 0.6) is 5.75 Å². The van der Waals surface area contributed by atoms with Crippen LogP contribution in [-0.2, 0) is 0 Å². The van der Waals surface area contributed by atoms with E-state index in [-0.39, 0.29) is 17.7 Å². The number of carbonyl (C=O) groups is 2. The van der Waals surface area contributed by atoms with Gasteiger partial charge >= 0.3 is 12.6 Å². The van der Waals surface area contributed by atoms with E-state index in [1.165, 1.54) is 12.1 Å². The van der Waals surface area contributed by atoms with Crippen LogP contribution in [0.1, 0.15) is 22.3 Å². The van der Waals surface area contributed by atoms with Crippen LogP contribution in [0, 0.1) is 12.8 Å². The Morgan fingerprint density at radius 2 is 1.86 bits per heavy atom. The number of ether oxygens (including phenoxy) is 1. The molecule has 11 nitrogen and oxygen atoms in total. The average Bonchev–Trinajstić information content (AvgIpc) is 3.71. The van der Waals surface area contributed by atoms with Crippen molar-refractivity contribution in [1.29, 1.82) is 0 Å². The first-order valence-corrected chi connectivity index (χ1v) is 14.4. The van der Waals surface area contributed by atoms with Gasteiger partial charge in [0.15, 0.2) is 11.5 Å². The normalized spacial score (nSPS) is 17.1. The lowest BCUT2D eigenvalue weighted by Gasteiger charge is -2.34. The molecule has 0 aliphatic carbocycles. The fourth-order valence-corrected chi connectivity index (χ4v) is 5.47. The first-order valence-electron chi connectivity index (χ1n) is 14.4. The zero-order chi connectivity index (χ0) is 30.6. The number of nitrogens with zero attached hydrogens (tertiary/aromatic N) is 6. The number of rotatable bonds is 7. The summed E-state index contributed by atoms with van der Waals surface area (Å²) in [5, 5.41) is 6.55. The van der Waals surface area contributed by atoms with Crippen molar-refractivity contribution in [2.45, 2.75) is 20.0 Å². The smallest absolute Gasteiger partial charge is 0.387 e. The predicted molar refractivity (Wildman–Crippen MR) is 162 cm³/mol. The van der Waals surface area contributed by atoms with Gasteiger partial charge in [0.05, 0.1) is 11.9 Å². The van der Waals surface area contributed by atoms with Crippen LogP contribution in [0.4, 0.5) is 25.1 Å². The number of fused-ring (bicyclic) bond motifs is 1. The molecule has 0 bridgehead atoms. The number of nitrogens with one attached hydrogen (secondary N) is 2.